The zero-order chi connectivity index (χ0) is 12.3. The van der Waals surface area contributed by atoms with E-state index in [1.165, 1.54) is 0 Å². The Labute approximate surface area is 102 Å². The fourth-order valence-corrected chi connectivity index (χ4v) is 2.48. The molecule has 0 aliphatic carbocycles. The summed E-state index contributed by atoms with van der Waals surface area (Å²) >= 11 is 0. The Morgan fingerprint density at radius 2 is 2.47 bits per heavy atom. The number of nitrogens with zero attached hydrogens (tertiary/aromatic N) is 1. The molecule has 0 saturated carbocycles. The number of hydrogen-bond acceptors (Lipinski definition) is 2. The van der Waals surface area contributed by atoms with Crippen molar-refractivity contribution in [3.63, 3.8) is 0 Å². The normalized spacial score (nSPS) is 23.9. The van der Waals surface area contributed by atoms with Crippen LogP contribution in [0.15, 0.2) is 18.5 Å². The molecule has 2 heterocycles. The molecule has 2 N–H and O–H groups in total. The van der Waals surface area contributed by atoms with Crippen LogP contribution in [-0.2, 0) is 18.4 Å². The maximum atomic E-state index is 12.2. The fraction of sp³-hybridized carbons (Fsp3) is 0.615. The minimum atomic E-state index is -0.325. The summed E-state index contributed by atoms with van der Waals surface area (Å²) < 4.78 is 1.99. The topological polar surface area (TPSA) is 46.1 Å². The average molecular weight is 235 g/mol. The summed E-state index contributed by atoms with van der Waals surface area (Å²) in [6, 6.07) is 2.03. The number of carbonyl (C=O) groups excluding carboxylic acids is 1. The first-order chi connectivity index (χ1) is 8.16. The zero-order valence-electron chi connectivity index (χ0n) is 10.6. The van der Waals surface area contributed by atoms with Crippen LogP contribution in [0.4, 0.5) is 0 Å². The lowest BCUT2D eigenvalue weighted by atomic mass is 9.93. The van der Waals surface area contributed by atoms with Crippen molar-refractivity contribution < 1.29 is 4.79 Å². The molecule has 94 valence electrons. The molecule has 17 heavy (non-hydrogen) atoms. The highest BCUT2D eigenvalue weighted by Gasteiger charge is 2.38. The van der Waals surface area contributed by atoms with Crippen LogP contribution >= 0.6 is 0 Å². The monoisotopic (exact) mass is 235 g/mol. The maximum Gasteiger partial charge on any atom is 0.240 e. The van der Waals surface area contributed by atoms with Crippen molar-refractivity contribution in [2.24, 2.45) is 7.05 Å². The third-order valence-corrected chi connectivity index (χ3v) is 3.63. The smallest absolute Gasteiger partial charge is 0.240 e. The number of aromatic nitrogens is 1. The molecule has 1 aliphatic heterocycles. The van der Waals surface area contributed by atoms with Gasteiger partial charge in [-0.1, -0.05) is 6.92 Å². The van der Waals surface area contributed by atoms with Gasteiger partial charge < -0.3 is 15.2 Å². The van der Waals surface area contributed by atoms with Crippen molar-refractivity contribution in [1.82, 2.24) is 15.2 Å². The Balaban J connectivity index is 1.92. The lowest BCUT2D eigenvalue weighted by Gasteiger charge is -2.26. The van der Waals surface area contributed by atoms with Crippen LogP contribution in [0.3, 0.4) is 0 Å². The Bertz CT molecular complexity index is 391. The van der Waals surface area contributed by atoms with Crippen molar-refractivity contribution in [3.05, 3.63) is 24.0 Å². The second kappa shape index (κ2) is 4.92. The van der Waals surface area contributed by atoms with Crippen LogP contribution in [0, 0.1) is 0 Å². The molecule has 4 heteroatoms. The maximum absolute atomic E-state index is 12.2. The molecule has 0 radical (unpaired) electrons. The molecule has 1 aromatic heterocycles. The largest absolute Gasteiger partial charge is 0.357 e. The molecular weight excluding hydrogens is 214 g/mol. The highest BCUT2D eigenvalue weighted by Crippen LogP contribution is 2.23. The van der Waals surface area contributed by atoms with Crippen molar-refractivity contribution in [3.8, 4) is 0 Å². The number of rotatable bonds is 4. The number of hydrogen-bond donors (Lipinski definition) is 2. The third-order valence-electron chi connectivity index (χ3n) is 3.63. The fourth-order valence-electron chi connectivity index (χ4n) is 2.48. The van der Waals surface area contributed by atoms with E-state index in [0.717, 1.165) is 31.4 Å². The molecular formula is C13H21N3O. The molecule has 0 spiro atoms. The molecule has 2 rings (SSSR count). The molecule has 0 bridgehead atoms. The van der Waals surface area contributed by atoms with Crippen LogP contribution in [0.2, 0.25) is 0 Å². The van der Waals surface area contributed by atoms with Gasteiger partial charge >= 0.3 is 0 Å². The summed E-state index contributed by atoms with van der Waals surface area (Å²) in [7, 11) is 1.98. The van der Waals surface area contributed by atoms with Gasteiger partial charge in [0.05, 0.1) is 5.54 Å². The van der Waals surface area contributed by atoms with Gasteiger partial charge in [0, 0.05) is 26.0 Å². The molecule has 1 aliphatic rings. The summed E-state index contributed by atoms with van der Waals surface area (Å²) in [4.78, 5) is 12.2. The van der Waals surface area contributed by atoms with E-state index in [-0.39, 0.29) is 11.4 Å². The Morgan fingerprint density at radius 1 is 1.65 bits per heavy atom. The van der Waals surface area contributed by atoms with Crippen LogP contribution in [0.1, 0.15) is 31.7 Å². The van der Waals surface area contributed by atoms with Crippen LogP contribution in [0.25, 0.3) is 0 Å². The van der Waals surface area contributed by atoms with Crippen LogP contribution in [-0.4, -0.2) is 22.6 Å². The highest BCUT2D eigenvalue weighted by molar-refractivity contribution is 5.86. The van der Waals surface area contributed by atoms with E-state index in [2.05, 4.69) is 17.6 Å². The number of carbonyl (C=O) groups is 1. The first kappa shape index (κ1) is 12.2. The molecule has 1 saturated heterocycles. The third kappa shape index (κ3) is 2.52. The minimum Gasteiger partial charge on any atom is -0.357 e. The summed E-state index contributed by atoms with van der Waals surface area (Å²) in [5, 5.41) is 6.37. The van der Waals surface area contributed by atoms with Gasteiger partial charge in [0.15, 0.2) is 0 Å². The van der Waals surface area contributed by atoms with Gasteiger partial charge in [0.1, 0.15) is 0 Å². The van der Waals surface area contributed by atoms with Gasteiger partial charge in [-0.05, 0) is 37.4 Å². The molecule has 1 atom stereocenters. The van der Waals surface area contributed by atoms with Crippen molar-refractivity contribution in [1.29, 1.82) is 0 Å². The predicted octanol–water partition coefficient (Wildman–Crippen LogP) is 1.17. The van der Waals surface area contributed by atoms with Crippen molar-refractivity contribution in [2.75, 3.05) is 6.54 Å². The van der Waals surface area contributed by atoms with Crippen LogP contribution in [0.5, 0.6) is 0 Å². The second-order valence-corrected chi connectivity index (χ2v) is 4.83. The van der Waals surface area contributed by atoms with E-state index in [1.807, 2.05) is 30.1 Å². The van der Waals surface area contributed by atoms with Gasteiger partial charge in [0.2, 0.25) is 5.91 Å². The van der Waals surface area contributed by atoms with Gasteiger partial charge in [-0.3, -0.25) is 4.79 Å². The number of aryl methyl sites for hydroxylation is 1. The summed E-state index contributed by atoms with van der Waals surface area (Å²) in [5.41, 5.74) is 0.819. The average Bonchev–Trinajstić information content (AvgIpc) is 2.95. The number of nitrogens with one attached hydrogen (secondary N) is 2. The Morgan fingerprint density at radius 3 is 3.00 bits per heavy atom. The summed E-state index contributed by atoms with van der Waals surface area (Å²) in [6.45, 7) is 3.64. The molecule has 1 unspecified atom stereocenters. The van der Waals surface area contributed by atoms with Gasteiger partial charge in [0.25, 0.3) is 0 Å². The van der Waals surface area contributed by atoms with E-state index >= 15 is 0 Å². The molecule has 0 aromatic carbocycles. The van der Waals surface area contributed by atoms with Gasteiger partial charge in [-0.2, -0.15) is 0 Å². The lowest BCUT2D eigenvalue weighted by molar-refractivity contribution is -0.127. The van der Waals surface area contributed by atoms with Gasteiger partial charge in [-0.25, -0.2) is 0 Å². The quantitative estimate of drug-likeness (QED) is 0.823. The molecule has 1 amide bonds. The lowest BCUT2D eigenvalue weighted by Crippen LogP contribution is -2.52. The first-order valence-corrected chi connectivity index (χ1v) is 6.30. The Kier molecular flexibility index (Phi) is 3.52. The minimum absolute atomic E-state index is 0.140. The second-order valence-electron chi connectivity index (χ2n) is 4.83. The van der Waals surface area contributed by atoms with Gasteiger partial charge in [-0.15, -0.1) is 0 Å². The van der Waals surface area contributed by atoms with E-state index in [1.54, 1.807) is 0 Å². The first-order valence-electron chi connectivity index (χ1n) is 6.30. The van der Waals surface area contributed by atoms with E-state index in [0.29, 0.717) is 6.54 Å². The van der Waals surface area contributed by atoms with Crippen molar-refractivity contribution in [2.45, 2.75) is 38.3 Å². The standard InChI is InChI=1S/C13H21N3O/c1-3-13(6-4-7-15-13)12(17)14-9-11-5-8-16(2)10-11/h5,8,10,15H,3-4,6-7,9H2,1-2H3,(H,14,17). The van der Waals surface area contributed by atoms with E-state index in [9.17, 15) is 4.79 Å². The number of amides is 1. The predicted molar refractivity (Wildman–Crippen MR) is 67.5 cm³/mol. The van der Waals surface area contributed by atoms with E-state index < -0.39 is 0 Å². The molecule has 1 aromatic rings. The van der Waals surface area contributed by atoms with Crippen LogP contribution < -0.4 is 10.6 Å². The zero-order valence-corrected chi connectivity index (χ0v) is 10.6. The van der Waals surface area contributed by atoms with E-state index in [4.69, 9.17) is 0 Å². The highest BCUT2D eigenvalue weighted by atomic mass is 16.2. The molecule has 1 fully saturated rings. The molecule has 4 nitrogen and oxygen atoms in total. The summed E-state index contributed by atoms with van der Waals surface area (Å²) in [6.07, 6.45) is 6.91. The SMILES string of the molecule is CCC1(C(=O)NCc2ccn(C)c2)CCCN1. The summed E-state index contributed by atoms with van der Waals surface area (Å²) in [5.74, 6) is 0.140. The van der Waals surface area contributed by atoms with Crippen molar-refractivity contribution >= 4 is 5.91 Å². The Hall–Kier alpha value is -1.29.